The molecule has 1 N–H and O–H groups in total. The Balaban J connectivity index is 1.67. The molecule has 0 fully saturated rings. The van der Waals surface area contributed by atoms with Crippen LogP contribution in [0.3, 0.4) is 0 Å². The highest BCUT2D eigenvalue weighted by atomic mass is 19.1. The molecule has 0 saturated heterocycles. The van der Waals surface area contributed by atoms with Gasteiger partial charge in [0.05, 0.1) is 0 Å². The van der Waals surface area contributed by atoms with Crippen LogP contribution in [0.1, 0.15) is 28.8 Å². The zero-order valence-corrected chi connectivity index (χ0v) is 11.3. The molecule has 0 unspecified atom stereocenters. The second-order valence-electron chi connectivity index (χ2n) is 4.71. The van der Waals surface area contributed by atoms with Gasteiger partial charge in [-0.25, -0.2) is 4.39 Å². The van der Waals surface area contributed by atoms with Gasteiger partial charge >= 0.3 is 0 Å². The van der Waals surface area contributed by atoms with E-state index in [4.69, 9.17) is 0 Å². The van der Waals surface area contributed by atoms with Crippen LogP contribution in [0.2, 0.25) is 0 Å². The number of hydrogen-bond donors (Lipinski definition) is 1. The molecule has 0 saturated carbocycles. The van der Waals surface area contributed by atoms with E-state index in [1.54, 1.807) is 12.1 Å². The van der Waals surface area contributed by atoms with Gasteiger partial charge in [-0.05, 0) is 43.0 Å². The lowest BCUT2D eigenvalue weighted by Crippen LogP contribution is -2.24. The highest BCUT2D eigenvalue weighted by molar-refractivity contribution is 5.94. The van der Waals surface area contributed by atoms with E-state index in [2.05, 4.69) is 17.4 Å². The zero-order valence-electron chi connectivity index (χ0n) is 11.3. The van der Waals surface area contributed by atoms with Crippen molar-refractivity contribution in [1.82, 2.24) is 5.32 Å². The van der Waals surface area contributed by atoms with Crippen LogP contribution in [-0.4, -0.2) is 12.5 Å². The van der Waals surface area contributed by atoms with E-state index in [0.717, 1.165) is 19.3 Å². The average Bonchev–Trinajstić information content (AvgIpc) is 2.48. The lowest BCUT2D eigenvalue weighted by Gasteiger charge is -2.05. The number of halogens is 1. The smallest absolute Gasteiger partial charge is 0.251 e. The van der Waals surface area contributed by atoms with Gasteiger partial charge in [0.25, 0.3) is 5.91 Å². The third-order valence-electron chi connectivity index (χ3n) is 3.11. The van der Waals surface area contributed by atoms with Crippen molar-refractivity contribution in [1.29, 1.82) is 0 Å². The Morgan fingerprint density at radius 2 is 1.80 bits per heavy atom. The Hall–Kier alpha value is -2.16. The number of unbranched alkanes of at least 4 members (excludes halogenated alkanes) is 1. The standard InChI is InChI=1S/C17H18FNO/c18-16-11-6-10-15(13-16)17(20)19-12-5-4-9-14-7-2-1-3-8-14/h1-3,6-8,10-11,13H,4-5,9,12H2,(H,19,20). The summed E-state index contributed by atoms with van der Waals surface area (Å²) in [6, 6.07) is 16.0. The number of benzene rings is 2. The molecular weight excluding hydrogens is 253 g/mol. The number of carbonyl (C=O) groups is 1. The molecule has 0 aliphatic heterocycles. The zero-order chi connectivity index (χ0) is 14.2. The molecular formula is C17H18FNO. The minimum absolute atomic E-state index is 0.218. The maximum atomic E-state index is 13.0. The first kappa shape index (κ1) is 14.3. The molecule has 0 spiro atoms. The quantitative estimate of drug-likeness (QED) is 0.799. The maximum absolute atomic E-state index is 13.0. The summed E-state index contributed by atoms with van der Waals surface area (Å²) in [6.07, 6.45) is 2.94. The average molecular weight is 271 g/mol. The molecule has 20 heavy (non-hydrogen) atoms. The Morgan fingerprint density at radius 3 is 2.55 bits per heavy atom. The van der Waals surface area contributed by atoms with Crippen molar-refractivity contribution in [3.05, 3.63) is 71.5 Å². The minimum atomic E-state index is -0.387. The Morgan fingerprint density at radius 1 is 1.00 bits per heavy atom. The van der Waals surface area contributed by atoms with E-state index >= 15 is 0 Å². The number of rotatable bonds is 6. The van der Waals surface area contributed by atoms with Gasteiger partial charge in [0.15, 0.2) is 0 Å². The van der Waals surface area contributed by atoms with Gasteiger partial charge in [-0.15, -0.1) is 0 Å². The highest BCUT2D eigenvalue weighted by Crippen LogP contribution is 2.05. The molecule has 104 valence electrons. The van der Waals surface area contributed by atoms with E-state index in [9.17, 15) is 9.18 Å². The topological polar surface area (TPSA) is 29.1 Å². The van der Waals surface area contributed by atoms with E-state index in [-0.39, 0.29) is 11.7 Å². The molecule has 2 aromatic rings. The van der Waals surface area contributed by atoms with Crippen LogP contribution in [0.15, 0.2) is 54.6 Å². The summed E-state index contributed by atoms with van der Waals surface area (Å²) in [5.74, 6) is -0.606. The summed E-state index contributed by atoms with van der Waals surface area (Å²) in [7, 11) is 0. The molecule has 0 aromatic heterocycles. The molecule has 0 atom stereocenters. The van der Waals surface area contributed by atoms with E-state index in [1.165, 1.54) is 17.7 Å². The van der Waals surface area contributed by atoms with Crippen molar-refractivity contribution in [2.24, 2.45) is 0 Å². The fourth-order valence-electron chi connectivity index (χ4n) is 2.03. The van der Waals surface area contributed by atoms with E-state index in [1.807, 2.05) is 18.2 Å². The predicted octanol–water partition coefficient (Wildman–Crippen LogP) is 3.58. The number of nitrogens with one attached hydrogen (secondary N) is 1. The second-order valence-corrected chi connectivity index (χ2v) is 4.71. The molecule has 0 aliphatic carbocycles. The molecule has 2 nitrogen and oxygen atoms in total. The monoisotopic (exact) mass is 271 g/mol. The van der Waals surface area contributed by atoms with Gasteiger partial charge < -0.3 is 5.32 Å². The Kier molecular flexibility index (Phi) is 5.30. The first-order chi connectivity index (χ1) is 9.75. The fraction of sp³-hybridized carbons (Fsp3) is 0.235. The third-order valence-corrected chi connectivity index (χ3v) is 3.11. The summed E-state index contributed by atoms with van der Waals surface area (Å²) >= 11 is 0. The molecule has 0 heterocycles. The van der Waals surface area contributed by atoms with Crippen LogP contribution in [0.25, 0.3) is 0 Å². The molecule has 2 aromatic carbocycles. The number of amides is 1. The fourth-order valence-corrected chi connectivity index (χ4v) is 2.03. The van der Waals surface area contributed by atoms with Crippen LogP contribution in [0, 0.1) is 5.82 Å². The third kappa shape index (κ3) is 4.50. The molecule has 1 amide bonds. The SMILES string of the molecule is O=C(NCCCCc1ccccc1)c1cccc(F)c1. The molecule has 0 radical (unpaired) electrons. The molecule has 2 rings (SSSR count). The first-order valence-electron chi connectivity index (χ1n) is 6.83. The number of carbonyl (C=O) groups excluding carboxylic acids is 1. The maximum Gasteiger partial charge on any atom is 0.251 e. The minimum Gasteiger partial charge on any atom is -0.352 e. The van der Waals surface area contributed by atoms with Crippen LogP contribution in [0.5, 0.6) is 0 Å². The van der Waals surface area contributed by atoms with Crippen molar-refractivity contribution in [2.45, 2.75) is 19.3 Å². The van der Waals surface area contributed by atoms with E-state index in [0.29, 0.717) is 12.1 Å². The van der Waals surface area contributed by atoms with Crippen molar-refractivity contribution >= 4 is 5.91 Å². The van der Waals surface area contributed by atoms with Gasteiger partial charge in [0.2, 0.25) is 0 Å². The van der Waals surface area contributed by atoms with Gasteiger partial charge in [0, 0.05) is 12.1 Å². The summed E-state index contributed by atoms with van der Waals surface area (Å²) in [4.78, 5) is 11.8. The van der Waals surface area contributed by atoms with Crippen molar-refractivity contribution in [2.75, 3.05) is 6.54 Å². The molecule has 0 aliphatic rings. The summed E-state index contributed by atoms with van der Waals surface area (Å²) in [5.41, 5.74) is 1.68. The van der Waals surface area contributed by atoms with Crippen molar-refractivity contribution < 1.29 is 9.18 Å². The van der Waals surface area contributed by atoms with E-state index < -0.39 is 0 Å². The number of aryl methyl sites for hydroxylation is 1. The van der Waals surface area contributed by atoms with Gasteiger partial charge in [-0.1, -0.05) is 36.4 Å². The van der Waals surface area contributed by atoms with Crippen molar-refractivity contribution in [3.8, 4) is 0 Å². The highest BCUT2D eigenvalue weighted by Gasteiger charge is 2.05. The van der Waals surface area contributed by atoms with Crippen LogP contribution >= 0.6 is 0 Å². The molecule has 3 heteroatoms. The summed E-state index contributed by atoms with van der Waals surface area (Å²) < 4.78 is 13.0. The van der Waals surface area contributed by atoms with Crippen molar-refractivity contribution in [3.63, 3.8) is 0 Å². The first-order valence-corrected chi connectivity index (χ1v) is 6.83. The summed E-state index contributed by atoms with van der Waals surface area (Å²) in [5, 5.41) is 2.81. The van der Waals surface area contributed by atoms with Crippen LogP contribution in [0.4, 0.5) is 4.39 Å². The van der Waals surface area contributed by atoms with Gasteiger partial charge in [-0.2, -0.15) is 0 Å². The largest absolute Gasteiger partial charge is 0.352 e. The Labute approximate surface area is 118 Å². The Bertz CT molecular complexity index is 554. The van der Waals surface area contributed by atoms with Crippen LogP contribution in [-0.2, 0) is 6.42 Å². The molecule has 0 bridgehead atoms. The van der Waals surface area contributed by atoms with Crippen LogP contribution < -0.4 is 5.32 Å². The summed E-state index contributed by atoms with van der Waals surface area (Å²) in [6.45, 7) is 0.613. The second kappa shape index (κ2) is 7.43. The van der Waals surface area contributed by atoms with Gasteiger partial charge in [0.1, 0.15) is 5.82 Å². The number of hydrogen-bond acceptors (Lipinski definition) is 1. The lowest BCUT2D eigenvalue weighted by atomic mass is 10.1. The predicted molar refractivity (Wildman–Crippen MR) is 78.1 cm³/mol. The van der Waals surface area contributed by atoms with Gasteiger partial charge in [-0.3, -0.25) is 4.79 Å². The lowest BCUT2D eigenvalue weighted by molar-refractivity contribution is 0.0952. The normalized spacial score (nSPS) is 10.2.